The van der Waals surface area contributed by atoms with Crippen LogP contribution in [0.3, 0.4) is 0 Å². The zero-order valence-corrected chi connectivity index (χ0v) is 17.9. The topological polar surface area (TPSA) is 73.9 Å². The highest BCUT2D eigenvalue weighted by Gasteiger charge is 2.27. The Balaban J connectivity index is 1.87. The van der Waals surface area contributed by atoms with E-state index in [0.29, 0.717) is 34.2 Å². The molecule has 0 spiro atoms. The van der Waals surface area contributed by atoms with E-state index in [4.69, 9.17) is 14.2 Å². The number of carbonyl (C=O) groups excluding carboxylic acids is 2. The number of thiophene rings is 1. The molecule has 1 N–H and O–H groups in total. The van der Waals surface area contributed by atoms with Gasteiger partial charge < -0.3 is 19.5 Å². The van der Waals surface area contributed by atoms with Crippen molar-refractivity contribution < 1.29 is 23.8 Å². The molecule has 29 heavy (non-hydrogen) atoms. The highest BCUT2D eigenvalue weighted by Crippen LogP contribution is 2.39. The molecular formula is C22H27NO5S. The zero-order chi connectivity index (χ0) is 20.8. The van der Waals surface area contributed by atoms with E-state index in [9.17, 15) is 9.59 Å². The van der Waals surface area contributed by atoms with E-state index in [-0.39, 0.29) is 11.9 Å². The fourth-order valence-corrected chi connectivity index (χ4v) is 4.68. The summed E-state index contributed by atoms with van der Waals surface area (Å²) < 4.78 is 16.0. The van der Waals surface area contributed by atoms with Crippen LogP contribution in [0.4, 0.5) is 5.00 Å². The number of rotatable bonds is 8. The van der Waals surface area contributed by atoms with E-state index < -0.39 is 0 Å². The number of ether oxygens (including phenoxy) is 3. The van der Waals surface area contributed by atoms with Crippen molar-refractivity contribution in [2.75, 3.05) is 26.1 Å². The SMILES string of the molecule is CCCCOC(=O)c1c(NC(=O)c2ccc(OC)c(OC)c2)sc2c1CCCC2. The average Bonchev–Trinajstić information content (AvgIpc) is 3.11. The summed E-state index contributed by atoms with van der Waals surface area (Å²) >= 11 is 1.48. The molecule has 0 unspecified atom stereocenters. The third kappa shape index (κ3) is 4.72. The maximum Gasteiger partial charge on any atom is 0.341 e. The van der Waals surface area contributed by atoms with Gasteiger partial charge in [0.15, 0.2) is 11.5 Å². The fourth-order valence-electron chi connectivity index (χ4n) is 3.40. The molecule has 1 aromatic carbocycles. The molecule has 7 heteroatoms. The summed E-state index contributed by atoms with van der Waals surface area (Å²) in [5, 5.41) is 3.49. The molecule has 0 bridgehead atoms. The lowest BCUT2D eigenvalue weighted by atomic mass is 9.95. The van der Waals surface area contributed by atoms with Crippen molar-refractivity contribution in [3.05, 3.63) is 39.8 Å². The molecule has 1 aromatic heterocycles. The van der Waals surface area contributed by atoms with E-state index in [1.807, 2.05) is 0 Å². The van der Waals surface area contributed by atoms with E-state index >= 15 is 0 Å². The van der Waals surface area contributed by atoms with Crippen LogP contribution < -0.4 is 14.8 Å². The van der Waals surface area contributed by atoms with Crippen LogP contribution in [0.5, 0.6) is 11.5 Å². The van der Waals surface area contributed by atoms with Crippen LogP contribution in [-0.4, -0.2) is 32.7 Å². The number of esters is 1. The minimum absolute atomic E-state index is 0.299. The maximum absolute atomic E-state index is 12.9. The normalized spacial score (nSPS) is 12.8. The maximum atomic E-state index is 12.9. The lowest BCUT2D eigenvalue weighted by molar-refractivity contribution is 0.0500. The van der Waals surface area contributed by atoms with E-state index in [1.54, 1.807) is 25.3 Å². The number of benzene rings is 1. The molecular weight excluding hydrogens is 390 g/mol. The summed E-state index contributed by atoms with van der Waals surface area (Å²) in [6.45, 7) is 2.44. The predicted octanol–water partition coefficient (Wildman–Crippen LogP) is 4.85. The van der Waals surface area contributed by atoms with Gasteiger partial charge in [-0.2, -0.15) is 0 Å². The Morgan fingerprint density at radius 1 is 1.10 bits per heavy atom. The Hall–Kier alpha value is -2.54. The van der Waals surface area contributed by atoms with Gasteiger partial charge in [0.2, 0.25) is 0 Å². The molecule has 1 amide bonds. The second kappa shape index (κ2) is 9.78. The number of hydrogen-bond acceptors (Lipinski definition) is 6. The number of anilines is 1. The van der Waals surface area contributed by atoms with Crippen molar-refractivity contribution in [1.29, 1.82) is 0 Å². The molecule has 0 aliphatic heterocycles. The molecule has 0 saturated heterocycles. The highest BCUT2D eigenvalue weighted by atomic mass is 32.1. The molecule has 3 rings (SSSR count). The standard InChI is InChI=1S/C22H27NO5S/c1-4-5-12-28-22(25)19-15-8-6-7-9-18(15)29-21(19)23-20(24)14-10-11-16(26-2)17(13-14)27-3/h10-11,13H,4-9,12H2,1-3H3,(H,23,24). The molecule has 1 heterocycles. The smallest absolute Gasteiger partial charge is 0.341 e. The summed E-state index contributed by atoms with van der Waals surface area (Å²) in [6.07, 6.45) is 5.70. The van der Waals surface area contributed by atoms with Crippen LogP contribution >= 0.6 is 11.3 Å². The first-order valence-electron chi connectivity index (χ1n) is 9.94. The lowest BCUT2D eigenvalue weighted by Gasteiger charge is -2.13. The van der Waals surface area contributed by atoms with Gasteiger partial charge in [-0.3, -0.25) is 4.79 Å². The zero-order valence-electron chi connectivity index (χ0n) is 17.1. The largest absolute Gasteiger partial charge is 0.493 e. The quantitative estimate of drug-likeness (QED) is 0.491. The number of carbonyl (C=O) groups is 2. The number of unbranched alkanes of at least 4 members (excludes halogenated alkanes) is 1. The molecule has 0 radical (unpaired) electrons. The Morgan fingerprint density at radius 3 is 2.59 bits per heavy atom. The molecule has 0 fully saturated rings. The Labute approximate surface area is 175 Å². The number of aryl methyl sites for hydroxylation is 1. The van der Waals surface area contributed by atoms with E-state index in [0.717, 1.165) is 44.1 Å². The highest BCUT2D eigenvalue weighted by molar-refractivity contribution is 7.17. The van der Waals surface area contributed by atoms with Gasteiger partial charge in [-0.25, -0.2) is 4.79 Å². The van der Waals surface area contributed by atoms with Crippen LogP contribution in [-0.2, 0) is 17.6 Å². The van der Waals surface area contributed by atoms with Gasteiger partial charge in [0.1, 0.15) is 5.00 Å². The van der Waals surface area contributed by atoms with Gasteiger partial charge in [-0.15, -0.1) is 11.3 Å². The molecule has 1 aliphatic rings. The van der Waals surface area contributed by atoms with Crippen molar-refractivity contribution in [3.63, 3.8) is 0 Å². The van der Waals surface area contributed by atoms with Crippen molar-refractivity contribution in [2.45, 2.75) is 45.4 Å². The molecule has 2 aromatic rings. The monoisotopic (exact) mass is 417 g/mol. The first kappa shape index (κ1) is 21.2. The second-order valence-electron chi connectivity index (χ2n) is 6.93. The number of fused-ring (bicyclic) bond motifs is 1. The summed E-state index contributed by atoms with van der Waals surface area (Å²) in [6, 6.07) is 4.98. The minimum atomic E-state index is -0.347. The molecule has 156 valence electrons. The fraction of sp³-hybridized carbons (Fsp3) is 0.455. The van der Waals surface area contributed by atoms with Crippen molar-refractivity contribution in [1.82, 2.24) is 0 Å². The van der Waals surface area contributed by atoms with Gasteiger partial charge >= 0.3 is 5.97 Å². The molecule has 6 nitrogen and oxygen atoms in total. The number of nitrogens with one attached hydrogen (secondary N) is 1. The average molecular weight is 418 g/mol. The van der Waals surface area contributed by atoms with Crippen molar-refractivity contribution in [3.8, 4) is 11.5 Å². The minimum Gasteiger partial charge on any atom is -0.493 e. The Bertz CT molecular complexity index is 890. The first-order chi connectivity index (χ1) is 14.1. The molecule has 0 saturated carbocycles. The van der Waals surface area contributed by atoms with Gasteiger partial charge in [-0.1, -0.05) is 13.3 Å². The van der Waals surface area contributed by atoms with Crippen LogP contribution in [0, 0.1) is 0 Å². The second-order valence-corrected chi connectivity index (χ2v) is 8.03. The molecule has 0 atom stereocenters. The number of methoxy groups -OCH3 is 2. The molecule has 1 aliphatic carbocycles. The van der Waals surface area contributed by atoms with Gasteiger partial charge in [-0.05, 0) is 55.9 Å². The summed E-state index contributed by atoms with van der Waals surface area (Å²) in [4.78, 5) is 26.8. The van der Waals surface area contributed by atoms with Gasteiger partial charge in [0.05, 0.1) is 26.4 Å². The summed E-state index contributed by atoms with van der Waals surface area (Å²) in [5.41, 5.74) is 1.99. The number of amides is 1. The van der Waals surface area contributed by atoms with Crippen molar-refractivity contribution >= 4 is 28.2 Å². The third-order valence-corrected chi connectivity index (χ3v) is 6.19. The van der Waals surface area contributed by atoms with E-state index in [2.05, 4.69) is 12.2 Å². The third-order valence-electron chi connectivity index (χ3n) is 4.98. The first-order valence-corrected chi connectivity index (χ1v) is 10.8. The van der Waals surface area contributed by atoms with Crippen LogP contribution in [0.25, 0.3) is 0 Å². The predicted molar refractivity (Wildman–Crippen MR) is 114 cm³/mol. The summed E-state index contributed by atoms with van der Waals surface area (Å²) in [5.74, 6) is 0.383. The number of hydrogen-bond donors (Lipinski definition) is 1. The summed E-state index contributed by atoms with van der Waals surface area (Å²) in [7, 11) is 3.07. The Kier molecular flexibility index (Phi) is 7.14. The van der Waals surface area contributed by atoms with E-state index in [1.165, 1.54) is 23.3 Å². The van der Waals surface area contributed by atoms with Crippen LogP contribution in [0.1, 0.15) is 63.8 Å². The Morgan fingerprint density at radius 2 is 1.86 bits per heavy atom. The van der Waals surface area contributed by atoms with Crippen LogP contribution in [0.2, 0.25) is 0 Å². The van der Waals surface area contributed by atoms with Crippen molar-refractivity contribution in [2.24, 2.45) is 0 Å². The van der Waals surface area contributed by atoms with Crippen LogP contribution in [0.15, 0.2) is 18.2 Å². The lowest BCUT2D eigenvalue weighted by Crippen LogP contribution is -2.16. The van der Waals surface area contributed by atoms with Gasteiger partial charge in [0, 0.05) is 10.4 Å². The van der Waals surface area contributed by atoms with Gasteiger partial charge in [0.25, 0.3) is 5.91 Å².